The highest BCUT2D eigenvalue weighted by Gasteiger charge is 2.40. The summed E-state index contributed by atoms with van der Waals surface area (Å²) < 4.78 is 5.58. The number of nitrogens with zero attached hydrogens (tertiary/aromatic N) is 1. The van der Waals surface area contributed by atoms with Crippen molar-refractivity contribution in [3.63, 3.8) is 0 Å². The van der Waals surface area contributed by atoms with Crippen LogP contribution in [0.25, 0.3) is 11.3 Å². The smallest absolute Gasteiger partial charge is 0.307 e. The summed E-state index contributed by atoms with van der Waals surface area (Å²) in [5.74, 6) is 0.873. The van der Waals surface area contributed by atoms with Crippen molar-refractivity contribution >= 4 is 11.6 Å². The third kappa shape index (κ3) is 2.25. The Hall–Kier alpha value is -2.34. The zero-order valence-electron chi connectivity index (χ0n) is 12.1. The second-order valence-electron chi connectivity index (χ2n) is 6.03. The number of oxazole rings is 1. The molecule has 6 heteroatoms. The van der Waals surface area contributed by atoms with Crippen LogP contribution in [0.3, 0.4) is 0 Å². The van der Waals surface area contributed by atoms with Crippen molar-refractivity contribution in [1.82, 2.24) is 15.6 Å². The van der Waals surface area contributed by atoms with Crippen LogP contribution in [0.5, 0.6) is 0 Å². The van der Waals surface area contributed by atoms with Crippen LogP contribution in [-0.2, 0) is 0 Å². The van der Waals surface area contributed by atoms with Gasteiger partial charge in [-0.15, -0.1) is 0 Å². The molecule has 0 radical (unpaired) electrons. The lowest BCUT2D eigenvalue weighted by Gasteiger charge is -2.22. The number of para-hydroxylation sites is 1. The van der Waals surface area contributed by atoms with E-state index in [0.29, 0.717) is 23.4 Å². The molecule has 4 N–H and O–H groups in total. The summed E-state index contributed by atoms with van der Waals surface area (Å²) in [6.45, 7) is 0.979. The Bertz CT molecular complexity index is 712. The van der Waals surface area contributed by atoms with Gasteiger partial charge in [-0.1, -0.05) is 12.1 Å². The Morgan fingerprint density at radius 2 is 2.23 bits per heavy atom. The number of fused-ring (bicyclic) bond motifs is 2. The fraction of sp³-hybridized carbons (Fsp3) is 0.375. The first kappa shape index (κ1) is 13.3. The number of carbonyl (C=O) groups excluding carboxylic acids is 1. The van der Waals surface area contributed by atoms with Crippen LogP contribution in [0, 0.1) is 5.92 Å². The Kier molecular flexibility index (Phi) is 3.11. The third-order valence-electron chi connectivity index (χ3n) is 4.61. The number of benzene rings is 1. The summed E-state index contributed by atoms with van der Waals surface area (Å²) in [5.41, 5.74) is 7.27. The van der Waals surface area contributed by atoms with Crippen LogP contribution in [0.15, 0.2) is 34.9 Å². The first-order chi connectivity index (χ1) is 10.7. The topological polar surface area (TPSA) is 93.2 Å². The highest BCUT2D eigenvalue weighted by Crippen LogP contribution is 2.31. The number of piperidine rings is 1. The van der Waals surface area contributed by atoms with Crippen molar-refractivity contribution in [1.29, 1.82) is 0 Å². The minimum absolute atomic E-state index is 0.0917. The molecule has 2 aliphatic rings. The second-order valence-corrected chi connectivity index (χ2v) is 6.03. The van der Waals surface area contributed by atoms with E-state index in [4.69, 9.17) is 10.2 Å². The van der Waals surface area contributed by atoms with Crippen molar-refractivity contribution in [3.8, 4) is 11.3 Å². The van der Waals surface area contributed by atoms with E-state index in [1.165, 1.54) is 0 Å². The van der Waals surface area contributed by atoms with E-state index in [1.54, 1.807) is 12.3 Å². The number of hydrogen-bond acceptors (Lipinski definition) is 5. The SMILES string of the molecule is Nc1ccccc1-c1cnc(C(=O)NC2CC3CC2CN3)o1. The summed E-state index contributed by atoms with van der Waals surface area (Å²) in [5, 5.41) is 6.47. The maximum absolute atomic E-state index is 12.3. The van der Waals surface area contributed by atoms with Gasteiger partial charge < -0.3 is 20.8 Å². The number of hydrogen-bond donors (Lipinski definition) is 3. The van der Waals surface area contributed by atoms with E-state index >= 15 is 0 Å². The normalized spacial score (nSPS) is 26.3. The predicted octanol–water partition coefficient (Wildman–Crippen LogP) is 1.40. The molecule has 22 heavy (non-hydrogen) atoms. The molecule has 2 fully saturated rings. The quantitative estimate of drug-likeness (QED) is 0.745. The van der Waals surface area contributed by atoms with Crippen LogP contribution in [0.2, 0.25) is 0 Å². The van der Waals surface area contributed by atoms with E-state index in [-0.39, 0.29) is 17.8 Å². The van der Waals surface area contributed by atoms with Crippen molar-refractivity contribution in [3.05, 3.63) is 36.4 Å². The molecular formula is C16H18N4O2. The van der Waals surface area contributed by atoms with E-state index < -0.39 is 0 Å². The zero-order valence-corrected chi connectivity index (χ0v) is 12.1. The highest BCUT2D eigenvalue weighted by molar-refractivity contribution is 5.90. The van der Waals surface area contributed by atoms with Gasteiger partial charge in [0, 0.05) is 29.9 Å². The van der Waals surface area contributed by atoms with Crippen LogP contribution in [0.1, 0.15) is 23.5 Å². The van der Waals surface area contributed by atoms with Gasteiger partial charge in [0.15, 0.2) is 5.76 Å². The molecule has 1 saturated heterocycles. The Morgan fingerprint density at radius 3 is 2.95 bits per heavy atom. The molecule has 114 valence electrons. The van der Waals surface area contributed by atoms with Gasteiger partial charge in [0.1, 0.15) is 0 Å². The van der Waals surface area contributed by atoms with Crippen LogP contribution >= 0.6 is 0 Å². The Balaban J connectivity index is 1.49. The minimum Gasteiger partial charge on any atom is -0.432 e. The number of anilines is 1. The summed E-state index contributed by atoms with van der Waals surface area (Å²) in [7, 11) is 0. The van der Waals surface area contributed by atoms with Gasteiger partial charge in [-0.05, 0) is 30.9 Å². The van der Waals surface area contributed by atoms with Gasteiger partial charge in [0.05, 0.1) is 6.20 Å². The van der Waals surface area contributed by atoms with Gasteiger partial charge in [-0.2, -0.15) is 0 Å². The third-order valence-corrected chi connectivity index (χ3v) is 4.61. The number of nitrogens with one attached hydrogen (secondary N) is 2. The lowest BCUT2D eigenvalue weighted by atomic mass is 10.0. The van der Waals surface area contributed by atoms with Crippen molar-refractivity contribution in [2.45, 2.75) is 24.9 Å². The maximum Gasteiger partial charge on any atom is 0.307 e. The molecule has 2 heterocycles. The number of rotatable bonds is 3. The minimum atomic E-state index is -0.252. The fourth-order valence-electron chi connectivity index (χ4n) is 3.47. The Morgan fingerprint density at radius 1 is 1.36 bits per heavy atom. The second kappa shape index (κ2) is 5.14. The first-order valence-corrected chi connectivity index (χ1v) is 7.55. The molecular weight excluding hydrogens is 280 g/mol. The van der Waals surface area contributed by atoms with Gasteiger partial charge in [0.2, 0.25) is 0 Å². The average Bonchev–Trinajstić information content (AvgIpc) is 3.24. The molecule has 2 aromatic rings. The maximum atomic E-state index is 12.3. The summed E-state index contributed by atoms with van der Waals surface area (Å²) in [6, 6.07) is 8.12. The van der Waals surface area contributed by atoms with E-state index in [9.17, 15) is 4.79 Å². The number of nitrogens with two attached hydrogens (primary N) is 1. The molecule has 1 saturated carbocycles. The zero-order chi connectivity index (χ0) is 15.1. The standard InChI is InChI=1S/C16H18N4O2/c17-12-4-2-1-3-11(12)14-8-19-16(22-14)15(21)20-13-6-10-5-9(13)7-18-10/h1-4,8-10,13,18H,5-7,17H2,(H,20,21). The molecule has 1 aliphatic heterocycles. The molecule has 2 bridgehead atoms. The lowest BCUT2D eigenvalue weighted by molar-refractivity contribution is 0.0890. The monoisotopic (exact) mass is 298 g/mol. The fourth-order valence-corrected chi connectivity index (χ4v) is 3.47. The van der Waals surface area contributed by atoms with Crippen LogP contribution in [-0.4, -0.2) is 29.5 Å². The number of aromatic nitrogens is 1. The molecule has 1 aromatic carbocycles. The lowest BCUT2D eigenvalue weighted by Crippen LogP contribution is -2.44. The summed E-state index contributed by atoms with van der Waals surface area (Å²) >= 11 is 0. The molecule has 6 nitrogen and oxygen atoms in total. The van der Waals surface area contributed by atoms with E-state index in [1.807, 2.05) is 18.2 Å². The van der Waals surface area contributed by atoms with E-state index in [0.717, 1.165) is 24.9 Å². The molecule has 3 atom stereocenters. The molecule has 4 rings (SSSR count). The van der Waals surface area contributed by atoms with Crippen molar-refractivity contribution < 1.29 is 9.21 Å². The number of amides is 1. The van der Waals surface area contributed by atoms with Crippen LogP contribution in [0.4, 0.5) is 5.69 Å². The molecule has 3 unspecified atom stereocenters. The first-order valence-electron chi connectivity index (χ1n) is 7.55. The number of carbonyl (C=O) groups is 1. The number of nitrogen functional groups attached to an aromatic ring is 1. The van der Waals surface area contributed by atoms with Crippen molar-refractivity contribution in [2.24, 2.45) is 5.92 Å². The highest BCUT2D eigenvalue weighted by atomic mass is 16.4. The molecule has 0 spiro atoms. The summed E-state index contributed by atoms with van der Waals surface area (Å²) in [4.78, 5) is 16.4. The largest absolute Gasteiger partial charge is 0.432 e. The summed E-state index contributed by atoms with van der Waals surface area (Å²) in [6.07, 6.45) is 3.67. The Labute approximate surface area is 128 Å². The van der Waals surface area contributed by atoms with Gasteiger partial charge in [-0.3, -0.25) is 4.79 Å². The van der Waals surface area contributed by atoms with Gasteiger partial charge in [0.25, 0.3) is 5.89 Å². The molecule has 1 aromatic heterocycles. The van der Waals surface area contributed by atoms with Crippen molar-refractivity contribution in [2.75, 3.05) is 12.3 Å². The molecule has 1 aliphatic carbocycles. The van der Waals surface area contributed by atoms with Crippen LogP contribution < -0.4 is 16.4 Å². The molecule has 1 amide bonds. The van der Waals surface area contributed by atoms with E-state index in [2.05, 4.69) is 15.6 Å². The predicted molar refractivity (Wildman–Crippen MR) is 82.1 cm³/mol. The van der Waals surface area contributed by atoms with Gasteiger partial charge in [-0.25, -0.2) is 4.98 Å². The van der Waals surface area contributed by atoms with Gasteiger partial charge >= 0.3 is 5.91 Å². The average molecular weight is 298 g/mol.